The van der Waals surface area contributed by atoms with Gasteiger partial charge in [0.2, 0.25) is 0 Å². The van der Waals surface area contributed by atoms with Gasteiger partial charge in [0.05, 0.1) is 0 Å². The maximum atomic E-state index is 13.5. The van der Waals surface area contributed by atoms with Crippen molar-refractivity contribution in [3.8, 4) is 0 Å². The van der Waals surface area contributed by atoms with Gasteiger partial charge in [-0.15, -0.1) is 0 Å². The lowest BCUT2D eigenvalue weighted by atomic mass is 9.74. The third kappa shape index (κ3) is 4.14. The van der Waals surface area contributed by atoms with E-state index >= 15 is 0 Å². The van der Waals surface area contributed by atoms with Gasteiger partial charge in [0, 0.05) is 58.0 Å². The topological polar surface area (TPSA) is 73.7 Å². The lowest BCUT2D eigenvalue weighted by molar-refractivity contribution is 0.0967. The van der Waals surface area contributed by atoms with E-state index in [1.54, 1.807) is 42.2 Å². The van der Waals surface area contributed by atoms with Crippen molar-refractivity contribution in [2.24, 2.45) is 0 Å². The molecule has 3 aromatic rings. The first-order valence-electron chi connectivity index (χ1n) is 11.1. The molecular formula is C26H24FN3O3S. The Morgan fingerprint density at radius 2 is 1.74 bits per heavy atom. The number of amides is 2. The van der Waals surface area contributed by atoms with Gasteiger partial charge < -0.3 is 14.9 Å². The van der Waals surface area contributed by atoms with Crippen LogP contribution in [0.2, 0.25) is 0 Å². The maximum Gasteiger partial charge on any atom is 0.407 e. The Bertz CT molecular complexity index is 1260. The van der Waals surface area contributed by atoms with Crippen molar-refractivity contribution in [2.75, 3.05) is 24.5 Å². The van der Waals surface area contributed by atoms with Crippen molar-refractivity contribution in [2.45, 2.75) is 35.0 Å². The number of carbonyl (C=O) groups excluding carboxylic acids is 1. The van der Waals surface area contributed by atoms with Gasteiger partial charge in [-0.05, 0) is 79.9 Å². The smallest absolute Gasteiger partial charge is 0.407 e. The SMILES string of the molecule is Cc1cc(C(=O)N2CC3(CCN(C(=O)O)CC3)c3cc(Sc4ccc(F)cc4)ccc32)ccn1. The van der Waals surface area contributed by atoms with E-state index in [9.17, 15) is 19.1 Å². The molecule has 8 heteroatoms. The summed E-state index contributed by atoms with van der Waals surface area (Å²) in [6.07, 6.45) is 2.03. The molecule has 0 saturated carbocycles. The Balaban J connectivity index is 1.51. The number of nitrogens with zero attached hydrogens (tertiary/aromatic N) is 3. The van der Waals surface area contributed by atoms with Gasteiger partial charge in [0.25, 0.3) is 5.91 Å². The lowest BCUT2D eigenvalue weighted by Gasteiger charge is -2.38. The zero-order valence-electron chi connectivity index (χ0n) is 18.7. The van der Waals surface area contributed by atoms with E-state index in [4.69, 9.17) is 0 Å². The predicted octanol–water partition coefficient (Wildman–Crippen LogP) is 5.35. The molecule has 1 fully saturated rings. The minimum Gasteiger partial charge on any atom is -0.465 e. The molecule has 1 saturated heterocycles. The number of carbonyl (C=O) groups is 2. The third-order valence-electron chi connectivity index (χ3n) is 6.72. The van der Waals surface area contributed by atoms with E-state index in [0.717, 1.165) is 26.7 Å². The number of benzene rings is 2. The van der Waals surface area contributed by atoms with Crippen molar-refractivity contribution in [3.05, 3.63) is 83.4 Å². The number of carboxylic acid groups (broad SMARTS) is 1. The number of anilines is 1. The highest BCUT2D eigenvalue weighted by Crippen LogP contribution is 2.49. The monoisotopic (exact) mass is 477 g/mol. The van der Waals surface area contributed by atoms with E-state index in [1.165, 1.54) is 17.0 Å². The summed E-state index contributed by atoms with van der Waals surface area (Å²) in [5.74, 6) is -0.355. The molecule has 0 radical (unpaired) electrons. The number of rotatable bonds is 3. The van der Waals surface area contributed by atoms with Gasteiger partial charge in [-0.25, -0.2) is 9.18 Å². The number of fused-ring (bicyclic) bond motifs is 2. The summed E-state index contributed by atoms with van der Waals surface area (Å²) in [5, 5.41) is 9.43. The molecule has 34 heavy (non-hydrogen) atoms. The second-order valence-electron chi connectivity index (χ2n) is 8.86. The minimum atomic E-state index is -0.908. The number of likely N-dealkylation sites (tertiary alicyclic amines) is 1. The van der Waals surface area contributed by atoms with Crippen molar-refractivity contribution in [1.29, 1.82) is 0 Å². The average Bonchev–Trinajstić information content (AvgIpc) is 3.13. The van der Waals surface area contributed by atoms with Crippen LogP contribution < -0.4 is 4.90 Å². The second kappa shape index (κ2) is 8.76. The molecule has 2 amide bonds. The molecule has 6 nitrogen and oxygen atoms in total. The fourth-order valence-corrected chi connectivity index (χ4v) is 5.78. The molecule has 174 valence electrons. The van der Waals surface area contributed by atoms with Crippen molar-refractivity contribution in [3.63, 3.8) is 0 Å². The van der Waals surface area contributed by atoms with Gasteiger partial charge in [-0.2, -0.15) is 0 Å². The summed E-state index contributed by atoms with van der Waals surface area (Å²) in [6.45, 7) is 3.23. The summed E-state index contributed by atoms with van der Waals surface area (Å²) >= 11 is 1.54. The Hall–Kier alpha value is -3.39. The first-order chi connectivity index (χ1) is 16.3. The van der Waals surface area contributed by atoms with E-state index in [-0.39, 0.29) is 17.1 Å². The molecule has 5 rings (SSSR count). The van der Waals surface area contributed by atoms with Crippen LogP contribution in [0.15, 0.2) is 70.6 Å². The molecule has 1 aromatic heterocycles. The van der Waals surface area contributed by atoms with Crippen LogP contribution in [0.3, 0.4) is 0 Å². The predicted molar refractivity (Wildman–Crippen MR) is 128 cm³/mol. The quantitative estimate of drug-likeness (QED) is 0.550. The van der Waals surface area contributed by atoms with E-state index < -0.39 is 6.09 Å². The number of piperidine rings is 1. The van der Waals surface area contributed by atoms with Gasteiger partial charge in [0.1, 0.15) is 5.82 Å². The van der Waals surface area contributed by atoms with Crippen LogP contribution in [-0.2, 0) is 5.41 Å². The largest absolute Gasteiger partial charge is 0.465 e. The average molecular weight is 478 g/mol. The van der Waals surface area contributed by atoms with Crippen LogP contribution in [0.25, 0.3) is 0 Å². The highest BCUT2D eigenvalue weighted by molar-refractivity contribution is 7.99. The molecule has 3 heterocycles. The summed E-state index contributed by atoms with van der Waals surface area (Å²) < 4.78 is 13.3. The van der Waals surface area contributed by atoms with Crippen molar-refractivity contribution >= 4 is 29.4 Å². The van der Waals surface area contributed by atoms with Crippen LogP contribution in [0.4, 0.5) is 14.9 Å². The third-order valence-corrected chi connectivity index (χ3v) is 7.72. The molecule has 2 aliphatic heterocycles. The van der Waals surface area contributed by atoms with Gasteiger partial charge in [-0.1, -0.05) is 11.8 Å². The number of hydrogen-bond acceptors (Lipinski definition) is 4. The van der Waals surface area contributed by atoms with E-state index in [0.29, 0.717) is 38.0 Å². The number of aromatic nitrogens is 1. The fourth-order valence-electron chi connectivity index (χ4n) is 4.92. The number of aryl methyl sites for hydroxylation is 1. The first kappa shape index (κ1) is 22.4. The Labute approximate surface area is 201 Å². The second-order valence-corrected chi connectivity index (χ2v) is 10.0. The standard InChI is InChI=1S/C26H24FN3O3S/c1-17-14-18(8-11-28-17)24(31)30-16-26(9-12-29(13-10-26)25(32)33)22-15-21(6-7-23(22)30)34-20-4-2-19(27)3-5-20/h2-8,11,14-15H,9-10,12-13,16H2,1H3,(H,32,33). The van der Waals surface area contributed by atoms with Gasteiger partial charge >= 0.3 is 6.09 Å². The van der Waals surface area contributed by atoms with Gasteiger partial charge in [-0.3, -0.25) is 9.78 Å². The highest BCUT2D eigenvalue weighted by Gasteiger charge is 2.47. The number of halogens is 1. The van der Waals surface area contributed by atoms with Gasteiger partial charge in [0.15, 0.2) is 0 Å². The van der Waals surface area contributed by atoms with E-state index in [1.807, 2.05) is 24.0 Å². The van der Waals surface area contributed by atoms with Crippen molar-refractivity contribution < 1.29 is 19.1 Å². The molecule has 0 atom stereocenters. The zero-order chi connectivity index (χ0) is 23.9. The van der Waals surface area contributed by atoms with Crippen LogP contribution >= 0.6 is 11.8 Å². The first-order valence-corrected chi connectivity index (χ1v) is 12.0. The summed E-state index contributed by atoms with van der Waals surface area (Å²) in [6, 6.07) is 16.0. The summed E-state index contributed by atoms with van der Waals surface area (Å²) in [4.78, 5) is 34.4. The molecule has 0 bridgehead atoms. The molecular weight excluding hydrogens is 453 g/mol. The Kier molecular flexibility index (Phi) is 5.77. The molecule has 2 aliphatic rings. The Morgan fingerprint density at radius 3 is 2.41 bits per heavy atom. The molecule has 0 unspecified atom stereocenters. The van der Waals surface area contributed by atoms with Crippen LogP contribution in [0.5, 0.6) is 0 Å². The molecule has 0 aliphatic carbocycles. The number of pyridine rings is 1. The van der Waals surface area contributed by atoms with Crippen LogP contribution in [0, 0.1) is 12.7 Å². The summed E-state index contributed by atoms with van der Waals surface area (Å²) in [5.41, 5.74) is 3.00. The van der Waals surface area contributed by atoms with Crippen LogP contribution in [-0.4, -0.2) is 46.6 Å². The summed E-state index contributed by atoms with van der Waals surface area (Å²) in [7, 11) is 0. The minimum absolute atomic E-state index is 0.0803. The van der Waals surface area contributed by atoms with Crippen LogP contribution in [0.1, 0.15) is 34.5 Å². The maximum absolute atomic E-state index is 13.5. The lowest BCUT2D eigenvalue weighted by Crippen LogP contribution is -2.47. The van der Waals surface area contributed by atoms with E-state index in [2.05, 4.69) is 11.1 Å². The fraction of sp³-hybridized carbons (Fsp3) is 0.269. The normalized spacial score (nSPS) is 16.5. The highest BCUT2D eigenvalue weighted by atomic mass is 32.2. The van der Waals surface area contributed by atoms with Crippen molar-refractivity contribution in [1.82, 2.24) is 9.88 Å². The molecule has 1 spiro atoms. The molecule has 2 aromatic carbocycles. The Morgan fingerprint density at radius 1 is 1.03 bits per heavy atom. The molecule has 1 N–H and O–H groups in total. The zero-order valence-corrected chi connectivity index (χ0v) is 19.5. The number of hydrogen-bond donors (Lipinski definition) is 1.